The average molecular weight is 690 g/mol. The van der Waals surface area contributed by atoms with Gasteiger partial charge in [0.2, 0.25) is 0 Å². The molecule has 0 aliphatic heterocycles. The minimum Gasteiger partial charge on any atom is -0.310 e. The van der Waals surface area contributed by atoms with Gasteiger partial charge in [-0.3, -0.25) is 0 Å². The molecule has 1 heteroatoms. The van der Waals surface area contributed by atoms with Gasteiger partial charge >= 0.3 is 0 Å². The Labute approximate surface area is 316 Å². The maximum atomic E-state index is 2.56. The zero-order chi connectivity index (χ0) is 35.7. The second-order valence-electron chi connectivity index (χ2n) is 18.9. The molecule has 4 saturated carbocycles. The Morgan fingerprint density at radius 1 is 0.472 bits per heavy atom. The molecule has 6 aromatic rings. The predicted octanol–water partition coefficient (Wildman–Crippen LogP) is 14.0. The summed E-state index contributed by atoms with van der Waals surface area (Å²) < 4.78 is 0. The van der Waals surface area contributed by atoms with E-state index in [1.165, 1.54) is 106 Å². The van der Waals surface area contributed by atoms with E-state index in [-0.39, 0.29) is 16.2 Å². The molecule has 0 amide bonds. The fraction of sp³-hybridized carbons (Fsp3) is 0.346. The summed E-state index contributed by atoms with van der Waals surface area (Å²) >= 11 is 0. The lowest BCUT2D eigenvalue weighted by atomic mass is 9.43. The van der Waals surface area contributed by atoms with E-state index in [0.717, 1.165) is 23.7 Å². The molecule has 0 heterocycles. The van der Waals surface area contributed by atoms with Gasteiger partial charge in [-0.1, -0.05) is 119 Å². The number of hydrogen-bond donors (Lipinski definition) is 0. The van der Waals surface area contributed by atoms with Crippen molar-refractivity contribution in [2.24, 2.45) is 23.7 Å². The zero-order valence-electron chi connectivity index (χ0n) is 31.8. The minimum atomic E-state index is 0.135. The molecule has 0 radical (unpaired) electrons. The van der Waals surface area contributed by atoms with Crippen molar-refractivity contribution < 1.29 is 0 Å². The Bertz CT molecular complexity index is 2390. The number of anilines is 3. The molecule has 264 valence electrons. The van der Waals surface area contributed by atoms with Gasteiger partial charge in [-0.25, -0.2) is 0 Å². The highest BCUT2D eigenvalue weighted by Gasteiger charge is 2.61. The summed E-state index contributed by atoms with van der Waals surface area (Å²) in [5.41, 5.74) is 16.0. The van der Waals surface area contributed by atoms with Crippen LogP contribution in [-0.4, -0.2) is 0 Å². The number of nitrogens with zero attached hydrogens (tertiary/aromatic N) is 1. The molecule has 0 atom stereocenters. The maximum absolute atomic E-state index is 2.56. The molecule has 4 bridgehead atoms. The molecule has 0 N–H and O–H groups in total. The van der Waals surface area contributed by atoms with Gasteiger partial charge in [0.15, 0.2) is 0 Å². The number of benzene rings is 6. The summed E-state index contributed by atoms with van der Waals surface area (Å²) in [6.45, 7) is 9.70. The summed E-state index contributed by atoms with van der Waals surface area (Å²) in [4.78, 5) is 2.50. The van der Waals surface area contributed by atoms with Crippen LogP contribution in [-0.2, 0) is 16.2 Å². The topological polar surface area (TPSA) is 3.24 Å². The molecule has 1 spiro atoms. The molecule has 6 aliphatic rings. The quantitative estimate of drug-likeness (QED) is 0.178. The minimum absolute atomic E-state index is 0.135. The molecular weight excluding hydrogens is 639 g/mol. The molecule has 12 rings (SSSR count). The molecule has 53 heavy (non-hydrogen) atoms. The third-order valence-electron chi connectivity index (χ3n) is 15.1. The first kappa shape index (κ1) is 31.9. The summed E-state index contributed by atoms with van der Waals surface area (Å²) in [7, 11) is 0. The van der Waals surface area contributed by atoms with Crippen LogP contribution in [0.1, 0.15) is 94.9 Å². The van der Waals surface area contributed by atoms with E-state index in [9.17, 15) is 0 Å². The lowest BCUT2D eigenvalue weighted by molar-refractivity contribution is -0.0399. The normalized spacial score (nSPS) is 26.7. The van der Waals surface area contributed by atoms with Crippen molar-refractivity contribution in [1.82, 2.24) is 0 Å². The third kappa shape index (κ3) is 4.55. The molecule has 4 fully saturated rings. The van der Waals surface area contributed by atoms with Gasteiger partial charge < -0.3 is 4.90 Å². The van der Waals surface area contributed by atoms with Crippen LogP contribution < -0.4 is 4.90 Å². The van der Waals surface area contributed by atoms with Crippen LogP contribution in [0, 0.1) is 23.7 Å². The smallest absolute Gasteiger partial charge is 0.0540 e. The van der Waals surface area contributed by atoms with E-state index >= 15 is 0 Å². The van der Waals surface area contributed by atoms with E-state index in [2.05, 4.69) is 160 Å². The Morgan fingerprint density at radius 3 is 1.85 bits per heavy atom. The van der Waals surface area contributed by atoms with E-state index < -0.39 is 0 Å². The van der Waals surface area contributed by atoms with Crippen molar-refractivity contribution in [1.29, 1.82) is 0 Å². The van der Waals surface area contributed by atoms with Gasteiger partial charge in [0.1, 0.15) is 0 Å². The first-order chi connectivity index (χ1) is 25.7. The van der Waals surface area contributed by atoms with Crippen LogP contribution in [0.25, 0.3) is 33.0 Å². The van der Waals surface area contributed by atoms with Crippen LogP contribution in [0.5, 0.6) is 0 Å². The van der Waals surface area contributed by atoms with Crippen LogP contribution in [0.15, 0.2) is 127 Å². The van der Waals surface area contributed by atoms with Gasteiger partial charge in [0, 0.05) is 22.2 Å². The number of rotatable bonds is 4. The van der Waals surface area contributed by atoms with E-state index in [0.29, 0.717) is 0 Å². The second kappa shape index (κ2) is 11.2. The van der Waals surface area contributed by atoms with Crippen molar-refractivity contribution in [2.75, 3.05) is 4.90 Å². The monoisotopic (exact) mass is 689 g/mol. The summed E-state index contributed by atoms with van der Waals surface area (Å²) in [6, 6.07) is 49.3. The molecule has 0 aromatic heterocycles. The van der Waals surface area contributed by atoms with Crippen molar-refractivity contribution in [3.8, 4) is 22.3 Å². The van der Waals surface area contributed by atoms with Crippen molar-refractivity contribution in [3.05, 3.63) is 150 Å². The van der Waals surface area contributed by atoms with Crippen molar-refractivity contribution >= 4 is 27.8 Å². The molecule has 6 aromatic carbocycles. The first-order valence-corrected chi connectivity index (χ1v) is 20.5. The fourth-order valence-corrected chi connectivity index (χ4v) is 12.7. The highest BCUT2D eigenvalue weighted by atomic mass is 15.1. The zero-order valence-corrected chi connectivity index (χ0v) is 31.8. The van der Waals surface area contributed by atoms with E-state index in [1.54, 1.807) is 11.1 Å². The van der Waals surface area contributed by atoms with E-state index in [1.807, 2.05) is 0 Å². The van der Waals surface area contributed by atoms with Gasteiger partial charge in [-0.05, 0) is 166 Å². The summed E-state index contributed by atoms with van der Waals surface area (Å²) in [5, 5.41) is 2.54. The Kier molecular flexibility index (Phi) is 6.74. The first-order valence-electron chi connectivity index (χ1n) is 20.5. The molecule has 6 aliphatic carbocycles. The van der Waals surface area contributed by atoms with Gasteiger partial charge in [-0.15, -0.1) is 0 Å². The van der Waals surface area contributed by atoms with Crippen LogP contribution >= 0.6 is 0 Å². The Hall–Kier alpha value is -4.62. The largest absolute Gasteiger partial charge is 0.310 e. The third-order valence-corrected chi connectivity index (χ3v) is 15.1. The van der Waals surface area contributed by atoms with Gasteiger partial charge in [0.05, 0.1) is 5.69 Å². The van der Waals surface area contributed by atoms with E-state index in [4.69, 9.17) is 0 Å². The molecular formula is C52H51N. The average Bonchev–Trinajstić information content (AvgIpc) is 3.46. The van der Waals surface area contributed by atoms with Crippen LogP contribution in [0.2, 0.25) is 0 Å². The molecule has 0 unspecified atom stereocenters. The second-order valence-corrected chi connectivity index (χ2v) is 18.9. The number of hydrogen-bond acceptors (Lipinski definition) is 1. The number of fused-ring (bicyclic) bond motifs is 5. The van der Waals surface area contributed by atoms with Crippen LogP contribution in [0.4, 0.5) is 17.1 Å². The fourth-order valence-electron chi connectivity index (χ4n) is 12.7. The van der Waals surface area contributed by atoms with Gasteiger partial charge in [-0.2, -0.15) is 0 Å². The maximum Gasteiger partial charge on any atom is 0.0540 e. The van der Waals surface area contributed by atoms with Gasteiger partial charge in [0.25, 0.3) is 0 Å². The van der Waals surface area contributed by atoms with Crippen molar-refractivity contribution in [3.63, 3.8) is 0 Å². The summed E-state index contributed by atoms with van der Waals surface area (Å²) in [5.74, 6) is 3.52. The lowest BCUT2D eigenvalue weighted by Crippen LogP contribution is -2.55. The molecule has 0 saturated heterocycles. The SMILES string of the molecule is CC1(C)CCC(C)(C)c2cc(N(c3ccc(-c4ccc5c(c4)-c4ccccc4C54C5CC6CC(C5)CC4C6)cc3)c3cccc4ccccc34)ccc21. The summed E-state index contributed by atoms with van der Waals surface area (Å²) in [6.07, 6.45) is 9.63. The van der Waals surface area contributed by atoms with Crippen molar-refractivity contribution in [2.45, 2.75) is 88.9 Å². The highest BCUT2D eigenvalue weighted by Crippen LogP contribution is 2.69. The Morgan fingerprint density at radius 2 is 1.08 bits per heavy atom. The standard InChI is InChI=1S/C52H51N/c1-50(2)24-25-51(3,4)48-32-41(21-23-47(48)50)53(49-15-9-11-36-10-5-6-12-42(36)49)40-19-16-35(17-20-40)37-18-22-46-44(31-37)43-13-7-8-14-45(43)52(46)38-27-33-26-34(29-38)30-39(52)28-33/h5-23,31-34,38-39H,24-30H2,1-4H3. The molecule has 1 nitrogen and oxygen atoms in total. The van der Waals surface area contributed by atoms with Crippen LogP contribution in [0.3, 0.4) is 0 Å². The highest BCUT2D eigenvalue weighted by molar-refractivity contribution is 5.99. The predicted molar refractivity (Wildman–Crippen MR) is 223 cm³/mol. The lowest BCUT2D eigenvalue weighted by Gasteiger charge is -2.61. The Balaban J connectivity index is 1.02.